The van der Waals surface area contributed by atoms with Crippen molar-refractivity contribution in [1.29, 1.82) is 0 Å². The highest BCUT2D eigenvalue weighted by Crippen LogP contribution is 2.10. The van der Waals surface area contributed by atoms with Crippen molar-refractivity contribution in [2.24, 2.45) is 0 Å². The van der Waals surface area contributed by atoms with E-state index in [4.69, 9.17) is 5.11 Å². The molecule has 0 spiro atoms. The van der Waals surface area contributed by atoms with Crippen molar-refractivity contribution in [3.8, 4) is 5.75 Å². The topological polar surface area (TPSA) is 75.6 Å². The molecule has 1 aromatic rings. The molecular weight excluding hydrogens is 198 g/mol. The third-order valence-corrected chi connectivity index (χ3v) is 1.73. The quantitative estimate of drug-likeness (QED) is 0.702. The number of rotatable bonds is 3. The highest BCUT2D eigenvalue weighted by molar-refractivity contribution is 5.96. The monoisotopic (exact) mass is 209 g/mol. The van der Waals surface area contributed by atoms with E-state index in [0.29, 0.717) is 5.56 Å². The molecule has 0 aliphatic carbocycles. The number of hydrogen-bond acceptors (Lipinski definition) is 4. The highest BCUT2D eigenvalue weighted by atomic mass is 16.5. The first-order valence-electron chi connectivity index (χ1n) is 4.27. The van der Waals surface area contributed by atoms with Gasteiger partial charge in [0.1, 0.15) is 12.3 Å². The Hall–Kier alpha value is -2.04. The zero-order valence-electron chi connectivity index (χ0n) is 8.19. The number of carbonyl (C=O) groups excluding carboxylic acids is 2. The molecule has 1 rings (SSSR count). The maximum Gasteiger partial charge on any atom is 0.325 e. The average Bonchev–Trinajstić information content (AvgIpc) is 2.25. The fourth-order valence-electron chi connectivity index (χ4n) is 0.974. The van der Waals surface area contributed by atoms with Crippen molar-refractivity contribution in [1.82, 2.24) is 5.32 Å². The summed E-state index contributed by atoms with van der Waals surface area (Å²) in [5.74, 6) is -0.958. The molecule has 80 valence electrons. The molecule has 0 atom stereocenters. The number of esters is 1. The zero-order chi connectivity index (χ0) is 11.3. The van der Waals surface area contributed by atoms with E-state index in [1.807, 2.05) is 0 Å². The van der Waals surface area contributed by atoms with Crippen LogP contribution in [0.3, 0.4) is 0 Å². The third-order valence-electron chi connectivity index (χ3n) is 1.73. The van der Waals surface area contributed by atoms with Crippen LogP contribution in [0.2, 0.25) is 0 Å². The maximum absolute atomic E-state index is 11.4. The van der Waals surface area contributed by atoms with Gasteiger partial charge in [0.25, 0.3) is 5.91 Å². The van der Waals surface area contributed by atoms with Gasteiger partial charge in [-0.05, 0) is 18.2 Å². The molecule has 2 N–H and O–H groups in total. The van der Waals surface area contributed by atoms with Crippen molar-refractivity contribution < 1.29 is 19.4 Å². The van der Waals surface area contributed by atoms with E-state index in [1.54, 1.807) is 6.07 Å². The fourth-order valence-corrected chi connectivity index (χ4v) is 0.974. The third kappa shape index (κ3) is 3.30. The van der Waals surface area contributed by atoms with Crippen molar-refractivity contribution in [3.05, 3.63) is 29.8 Å². The lowest BCUT2D eigenvalue weighted by molar-refractivity contribution is -0.139. The number of phenols is 1. The molecule has 5 nitrogen and oxygen atoms in total. The molecule has 0 radical (unpaired) electrons. The second-order valence-electron chi connectivity index (χ2n) is 2.81. The summed E-state index contributed by atoms with van der Waals surface area (Å²) in [6, 6.07) is 5.85. The van der Waals surface area contributed by atoms with E-state index in [1.165, 1.54) is 25.3 Å². The van der Waals surface area contributed by atoms with Crippen LogP contribution in [0.1, 0.15) is 10.4 Å². The van der Waals surface area contributed by atoms with Gasteiger partial charge in [0, 0.05) is 5.56 Å². The summed E-state index contributed by atoms with van der Waals surface area (Å²) in [6.07, 6.45) is 0. The summed E-state index contributed by atoms with van der Waals surface area (Å²) in [5, 5.41) is 11.5. The zero-order valence-corrected chi connectivity index (χ0v) is 8.19. The number of amides is 1. The Morgan fingerprint density at radius 1 is 1.47 bits per heavy atom. The number of aromatic hydroxyl groups is 1. The van der Waals surface area contributed by atoms with Crippen LogP contribution in [0.4, 0.5) is 0 Å². The molecule has 0 unspecified atom stereocenters. The first-order chi connectivity index (χ1) is 7.13. The number of methoxy groups -OCH3 is 1. The standard InChI is InChI=1S/C10H11NO4/c1-15-9(13)6-11-10(14)7-3-2-4-8(12)5-7/h2-5,12H,6H2,1H3,(H,11,14). The van der Waals surface area contributed by atoms with E-state index < -0.39 is 11.9 Å². The Bertz CT molecular complexity index is 375. The van der Waals surface area contributed by atoms with Gasteiger partial charge >= 0.3 is 5.97 Å². The van der Waals surface area contributed by atoms with Crippen molar-refractivity contribution in [2.45, 2.75) is 0 Å². The molecule has 0 heterocycles. The summed E-state index contributed by atoms with van der Waals surface area (Å²) in [7, 11) is 1.24. The van der Waals surface area contributed by atoms with Gasteiger partial charge in [-0.1, -0.05) is 6.07 Å². The minimum Gasteiger partial charge on any atom is -0.508 e. The van der Waals surface area contributed by atoms with Crippen LogP contribution in [0.5, 0.6) is 5.75 Å². The summed E-state index contributed by atoms with van der Waals surface area (Å²) >= 11 is 0. The van der Waals surface area contributed by atoms with Gasteiger partial charge in [0.2, 0.25) is 0 Å². The Balaban J connectivity index is 2.58. The van der Waals surface area contributed by atoms with Gasteiger partial charge in [0.15, 0.2) is 0 Å². The molecular formula is C10H11NO4. The van der Waals surface area contributed by atoms with Gasteiger partial charge in [-0.3, -0.25) is 9.59 Å². The molecule has 1 aromatic carbocycles. The van der Waals surface area contributed by atoms with Gasteiger partial charge in [-0.15, -0.1) is 0 Å². The molecule has 5 heteroatoms. The minimum atomic E-state index is -0.525. The molecule has 0 fully saturated rings. The molecule has 0 saturated heterocycles. The summed E-state index contributed by atoms with van der Waals surface area (Å²) in [4.78, 5) is 22.1. The average molecular weight is 209 g/mol. The number of nitrogens with one attached hydrogen (secondary N) is 1. The van der Waals surface area contributed by atoms with Gasteiger partial charge in [0.05, 0.1) is 7.11 Å². The first kappa shape index (κ1) is 11.0. The van der Waals surface area contributed by atoms with E-state index in [9.17, 15) is 9.59 Å². The van der Waals surface area contributed by atoms with Crippen LogP contribution < -0.4 is 5.32 Å². The highest BCUT2D eigenvalue weighted by Gasteiger charge is 2.07. The van der Waals surface area contributed by atoms with Crippen LogP contribution in [0, 0.1) is 0 Å². The van der Waals surface area contributed by atoms with E-state index in [-0.39, 0.29) is 12.3 Å². The van der Waals surface area contributed by atoms with Gasteiger partial charge in [-0.25, -0.2) is 0 Å². The molecule has 0 bridgehead atoms. The SMILES string of the molecule is COC(=O)CNC(=O)c1cccc(O)c1. The predicted octanol–water partition coefficient (Wildman–Crippen LogP) is 0.295. The van der Waals surface area contributed by atoms with Crippen LogP contribution in [0.25, 0.3) is 0 Å². The molecule has 0 aliphatic heterocycles. The minimum absolute atomic E-state index is 0.000665. The van der Waals surface area contributed by atoms with E-state index >= 15 is 0 Å². The number of phenolic OH excluding ortho intramolecular Hbond substituents is 1. The molecule has 0 aliphatic rings. The second kappa shape index (κ2) is 4.99. The molecule has 15 heavy (non-hydrogen) atoms. The number of benzene rings is 1. The van der Waals surface area contributed by atoms with E-state index in [2.05, 4.69) is 10.1 Å². The Morgan fingerprint density at radius 3 is 2.80 bits per heavy atom. The summed E-state index contributed by atoms with van der Waals surface area (Å²) in [5.41, 5.74) is 0.291. The van der Waals surface area contributed by atoms with Crippen LogP contribution in [-0.2, 0) is 9.53 Å². The molecule has 0 saturated carbocycles. The van der Waals surface area contributed by atoms with E-state index in [0.717, 1.165) is 0 Å². The predicted molar refractivity (Wildman–Crippen MR) is 52.5 cm³/mol. The summed E-state index contributed by atoms with van der Waals surface area (Å²) < 4.78 is 4.36. The lowest BCUT2D eigenvalue weighted by Gasteiger charge is -2.03. The largest absolute Gasteiger partial charge is 0.508 e. The van der Waals surface area contributed by atoms with Crippen LogP contribution >= 0.6 is 0 Å². The second-order valence-corrected chi connectivity index (χ2v) is 2.81. The molecule has 0 aromatic heterocycles. The Morgan fingerprint density at radius 2 is 2.20 bits per heavy atom. The van der Waals surface area contributed by atoms with Crippen molar-refractivity contribution in [3.63, 3.8) is 0 Å². The summed E-state index contributed by atoms with van der Waals surface area (Å²) in [6.45, 7) is -0.189. The van der Waals surface area contributed by atoms with Crippen LogP contribution in [0.15, 0.2) is 24.3 Å². The van der Waals surface area contributed by atoms with Crippen LogP contribution in [-0.4, -0.2) is 30.6 Å². The van der Waals surface area contributed by atoms with Gasteiger partial charge < -0.3 is 15.2 Å². The smallest absolute Gasteiger partial charge is 0.325 e. The van der Waals surface area contributed by atoms with Crippen molar-refractivity contribution >= 4 is 11.9 Å². The lowest BCUT2D eigenvalue weighted by atomic mass is 10.2. The lowest BCUT2D eigenvalue weighted by Crippen LogP contribution is -2.30. The first-order valence-corrected chi connectivity index (χ1v) is 4.27. The number of hydrogen-bond donors (Lipinski definition) is 2. The van der Waals surface area contributed by atoms with Crippen molar-refractivity contribution in [2.75, 3.05) is 13.7 Å². The molecule has 1 amide bonds. The Kier molecular flexibility index (Phi) is 3.68. The number of carbonyl (C=O) groups is 2. The fraction of sp³-hybridized carbons (Fsp3) is 0.200. The Labute approximate surface area is 86.7 Å². The van der Waals surface area contributed by atoms with Gasteiger partial charge in [-0.2, -0.15) is 0 Å². The number of ether oxygens (including phenoxy) is 1. The normalized spacial score (nSPS) is 9.40. The maximum atomic E-state index is 11.4.